The molecule has 7 heteroatoms. The topological polar surface area (TPSA) is 9.23 Å². The van der Waals surface area contributed by atoms with Crippen LogP contribution in [0.4, 0.5) is 26.3 Å². The Labute approximate surface area is 244 Å². The van der Waals surface area contributed by atoms with E-state index in [0.717, 1.165) is 43.4 Å². The Kier molecular flexibility index (Phi) is 9.54. The van der Waals surface area contributed by atoms with Gasteiger partial charge in [-0.1, -0.05) is 43.7 Å². The highest BCUT2D eigenvalue weighted by molar-refractivity contribution is 5.39. The molecule has 0 amide bonds. The molecular formula is C35H38F6O. The molecule has 42 heavy (non-hydrogen) atoms. The van der Waals surface area contributed by atoms with Crippen LogP contribution in [0, 0.1) is 23.4 Å². The second-order valence-corrected chi connectivity index (χ2v) is 12.1. The van der Waals surface area contributed by atoms with Crippen molar-refractivity contribution in [1.29, 1.82) is 0 Å². The number of unbranched alkanes of at least 4 members (excludes halogenated alkanes) is 1. The smallest absolute Gasteiger partial charge is 0.403 e. The van der Waals surface area contributed by atoms with Gasteiger partial charge in [0.05, 0.1) is 0 Å². The number of halogens is 6. The van der Waals surface area contributed by atoms with E-state index in [9.17, 15) is 17.6 Å². The lowest BCUT2D eigenvalue weighted by Crippen LogP contribution is -2.21. The Balaban J connectivity index is 1.19. The average Bonchev–Trinajstić information content (AvgIpc) is 2.96. The fourth-order valence-corrected chi connectivity index (χ4v) is 6.88. The van der Waals surface area contributed by atoms with Crippen molar-refractivity contribution in [2.24, 2.45) is 5.92 Å². The lowest BCUT2D eigenvalue weighted by Gasteiger charge is -2.32. The molecule has 0 N–H and O–H groups in total. The Hall–Kier alpha value is -2.96. The third-order valence-corrected chi connectivity index (χ3v) is 9.23. The number of hydrogen-bond acceptors (Lipinski definition) is 1. The SMILES string of the molecule is CCCCc1ccc(CCC2CCc3c(cc(F)c(C4CCC(c5ccc(OC(F)(F)F)c(F)c5)CC4)c3F)C2)cc1. The van der Waals surface area contributed by atoms with E-state index >= 15 is 8.78 Å². The molecule has 226 valence electrons. The van der Waals surface area contributed by atoms with Crippen LogP contribution in [-0.2, 0) is 25.7 Å². The van der Waals surface area contributed by atoms with Gasteiger partial charge in [0.1, 0.15) is 11.6 Å². The molecule has 2 aliphatic carbocycles. The molecule has 0 aliphatic heterocycles. The first-order chi connectivity index (χ1) is 20.1. The molecule has 0 saturated heterocycles. The molecule has 3 aromatic rings. The van der Waals surface area contributed by atoms with Gasteiger partial charge in [0, 0.05) is 5.56 Å². The van der Waals surface area contributed by atoms with E-state index in [1.165, 1.54) is 30.0 Å². The minimum absolute atomic E-state index is 0.0901. The highest BCUT2D eigenvalue weighted by Gasteiger charge is 2.34. The lowest BCUT2D eigenvalue weighted by molar-refractivity contribution is -0.275. The van der Waals surface area contributed by atoms with Gasteiger partial charge in [-0.15, -0.1) is 13.2 Å². The van der Waals surface area contributed by atoms with Crippen LogP contribution < -0.4 is 4.74 Å². The summed E-state index contributed by atoms with van der Waals surface area (Å²) < 4.78 is 86.5. The minimum Gasteiger partial charge on any atom is -0.403 e. The zero-order valence-electron chi connectivity index (χ0n) is 24.0. The molecule has 0 aromatic heterocycles. The van der Waals surface area contributed by atoms with Gasteiger partial charge in [0.25, 0.3) is 0 Å². The molecule has 1 fully saturated rings. The lowest BCUT2D eigenvalue weighted by atomic mass is 9.74. The summed E-state index contributed by atoms with van der Waals surface area (Å²) in [6.45, 7) is 2.19. The van der Waals surface area contributed by atoms with E-state index in [4.69, 9.17) is 0 Å². The molecular weight excluding hydrogens is 550 g/mol. The summed E-state index contributed by atoms with van der Waals surface area (Å²) in [5.41, 5.74) is 4.83. The van der Waals surface area contributed by atoms with Gasteiger partial charge < -0.3 is 4.74 Å². The second kappa shape index (κ2) is 13.1. The summed E-state index contributed by atoms with van der Waals surface area (Å²) >= 11 is 0. The van der Waals surface area contributed by atoms with Crippen molar-refractivity contribution >= 4 is 0 Å². The zero-order valence-corrected chi connectivity index (χ0v) is 24.0. The van der Waals surface area contributed by atoms with Gasteiger partial charge >= 0.3 is 6.36 Å². The number of benzene rings is 3. The van der Waals surface area contributed by atoms with Gasteiger partial charge in [-0.2, -0.15) is 0 Å². The molecule has 3 aromatic carbocycles. The number of alkyl halides is 3. The highest BCUT2D eigenvalue weighted by atomic mass is 19.4. The van der Waals surface area contributed by atoms with Crippen molar-refractivity contribution in [1.82, 2.24) is 0 Å². The molecule has 5 rings (SSSR count). The summed E-state index contributed by atoms with van der Waals surface area (Å²) in [4.78, 5) is 0. The van der Waals surface area contributed by atoms with Gasteiger partial charge in [0.15, 0.2) is 11.6 Å². The molecule has 1 unspecified atom stereocenters. The maximum atomic E-state index is 15.8. The van der Waals surface area contributed by atoms with Crippen LogP contribution in [0.15, 0.2) is 48.5 Å². The third kappa shape index (κ3) is 7.33. The Morgan fingerprint density at radius 2 is 1.45 bits per heavy atom. The first kappa shape index (κ1) is 30.5. The van der Waals surface area contributed by atoms with Crippen LogP contribution in [-0.4, -0.2) is 6.36 Å². The Morgan fingerprint density at radius 3 is 2.10 bits per heavy atom. The number of rotatable bonds is 9. The molecule has 0 heterocycles. The quantitative estimate of drug-likeness (QED) is 0.226. The summed E-state index contributed by atoms with van der Waals surface area (Å²) in [6.07, 6.45) is 4.84. The molecule has 0 radical (unpaired) electrons. The largest absolute Gasteiger partial charge is 0.573 e. The Morgan fingerprint density at radius 1 is 0.786 bits per heavy atom. The third-order valence-electron chi connectivity index (χ3n) is 9.23. The average molecular weight is 589 g/mol. The van der Waals surface area contributed by atoms with E-state index < -0.39 is 29.6 Å². The monoisotopic (exact) mass is 588 g/mol. The normalized spacial score (nSPS) is 20.8. The van der Waals surface area contributed by atoms with Crippen molar-refractivity contribution in [2.75, 3.05) is 0 Å². The standard InChI is InChI=1S/C35H38F6O/c1-2-3-4-22-5-7-23(8-6-22)9-10-24-11-17-29-28(19-24)21-31(37)33(34(29)38)26-14-12-25(13-15-26)27-16-18-32(30(36)20-27)42-35(39,40)41/h5-8,16,18,20-21,24-26H,2-4,9-15,17,19H2,1H3. The number of aryl methyl sites for hydroxylation is 2. The van der Waals surface area contributed by atoms with Gasteiger partial charge in [0.2, 0.25) is 0 Å². The van der Waals surface area contributed by atoms with Gasteiger partial charge in [-0.25, -0.2) is 13.2 Å². The molecule has 2 aliphatic rings. The van der Waals surface area contributed by atoms with Crippen LogP contribution in [0.25, 0.3) is 0 Å². The fraction of sp³-hybridized carbons (Fsp3) is 0.486. The minimum atomic E-state index is -4.97. The van der Waals surface area contributed by atoms with Gasteiger partial charge in [-0.05, 0) is 134 Å². The summed E-state index contributed by atoms with van der Waals surface area (Å²) in [5.74, 6) is -2.80. The summed E-state index contributed by atoms with van der Waals surface area (Å²) in [6, 6.07) is 13.9. The highest BCUT2D eigenvalue weighted by Crippen LogP contribution is 2.44. The van der Waals surface area contributed by atoms with Crippen LogP contribution in [0.2, 0.25) is 0 Å². The first-order valence-electron chi connectivity index (χ1n) is 15.2. The van der Waals surface area contributed by atoms with Crippen molar-refractivity contribution in [3.8, 4) is 5.75 Å². The molecule has 1 saturated carbocycles. The van der Waals surface area contributed by atoms with Crippen LogP contribution in [0.1, 0.15) is 104 Å². The van der Waals surface area contributed by atoms with Gasteiger partial charge in [-0.3, -0.25) is 0 Å². The zero-order chi connectivity index (χ0) is 29.9. The van der Waals surface area contributed by atoms with E-state index in [1.54, 1.807) is 6.07 Å². The van der Waals surface area contributed by atoms with E-state index in [0.29, 0.717) is 55.6 Å². The number of ether oxygens (including phenoxy) is 1. The van der Waals surface area contributed by atoms with Crippen LogP contribution in [0.3, 0.4) is 0 Å². The van der Waals surface area contributed by atoms with Crippen LogP contribution in [0.5, 0.6) is 5.75 Å². The van der Waals surface area contributed by atoms with Crippen LogP contribution >= 0.6 is 0 Å². The van der Waals surface area contributed by atoms with E-state index in [1.807, 2.05) is 0 Å². The fourth-order valence-electron chi connectivity index (χ4n) is 6.88. The van der Waals surface area contributed by atoms with Crippen molar-refractivity contribution in [3.63, 3.8) is 0 Å². The van der Waals surface area contributed by atoms with E-state index in [-0.39, 0.29) is 17.4 Å². The molecule has 1 nitrogen and oxygen atoms in total. The second-order valence-electron chi connectivity index (χ2n) is 12.1. The Bertz CT molecular complexity index is 1360. The van der Waals surface area contributed by atoms with Crippen molar-refractivity contribution < 1.29 is 31.1 Å². The number of hydrogen-bond donors (Lipinski definition) is 0. The van der Waals surface area contributed by atoms with E-state index in [2.05, 4.69) is 35.9 Å². The molecule has 0 bridgehead atoms. The predicted molar refractivity (Wildman–Crippen MR) is 152 cm³/mol. The summed E-state index contributed by atoms with van der Waals surface area (Å²) in [7, 11) is 0. The van der Waals surface area contributed by atoms with Crippen molar-refractivity contribution in [2.45, 2.75) is 102 Å². The predicted octanol–water partition coefficient (Wildman–Crippen LogP) is 10.5. The maximum Gasteiger partial charge on any atom is 0.573 e. The van der Waals surface area contributed by atoms with Crippen molar-refractivity contribution in [3.05, 3.63) is 99.4 Å². The maximum absolute atomic E-state index is 15.8. The first-order valence-corrected chi connectivity index (χ1v) is 15.2. The summed E-state index contributed by atoms with van der Waals surface area (Å²) in [5, 5.41) is 0. The molecule has 1 atom stereocenters. The molecule has 0 spiro atoms. The number of fused-ring (bicyclic) bond motifs is 1.